The maximum Gasteiger partial charge on any atom is 0.251 e. The van der Waals surface area contributed by atoms with Crippen molar-refractivity contribution in [1.82, 2.24) is 10.6 Å². The van der Waals surface area contributed by atoms with E-state index in [0.29, 0.717) is 17.1 Å². The number of nitrogens with one attached hydrogen (secondary N) is 2. The van der Waals surface area contributed by atoms with Crippen LogP contribution in [0.5, 0.6) is 0 Å². The summed E-state index contributed by atoms with van der Waals surface area (Å²) in [6.07, 6.45) is 2.34. The largest absolute Gasteiger partial charge is 0.393 e. The molecule has 3 N–H and O–H groups in total. The number of halogens is 2. The van der Waals surface area contributed by atoms with Gasteiger partial charge in [-0.1, -0.05) is 29.6 Å². The van der Waals surface area contributed by atoms with Crippen LogP contribution in [0.15, 0.2) is 18.2 Å². The molecule has 2 atom stereocenters. The van der Waals surface area contributed by atoms with Gasteiger partial charge in [-0.15, -0.1) is 0 Å². The molecule has 22 heavy (non-hydrogen) atoms. The molecule has 1 fully saturated rings. The molecule has 2 unspecified atom stereocenters. The third-order valence-electron chi connectivity index (χ3n) is 3.77. The van der Waals surface area contributed by atoms with Crippen molar-refractivity contribution in [1.29, 1.82) is 0 Å². The lowest BCUT2D eigenvalue weighted by Gasteiger charge is -2.15. The van der Waals surface area contributed by atoms with Crippen LogP contribution >= 0.6 is 23.2 Å². The van der Waals surface area contributed by atoms with Crippen LogP contribution < -0.4 is 10.6 Å². The molecule has 0 bridgehead atoms. The zero-order chi connectivity index (χ0) is 16.1. The number of aliphatic hydroxyl groups excluding tert-OH is 1. The molecule has 7 heteroatoms. The van der Waals surface area contributed by atoms with E-state index >= 15 is 0 Å². The number of carbonyl (C=O) groups is 2. The van der Waals surface area contributed by atoms with Crippen LogP contribution in [0.2, 0.25) is 10.0 Å². The number of carbonyl (C=O) groups excluding carboxylic acids is 2. The van der Waals surface area contributed by atoms with Crippen molar-refractivity contribution in [2.75, 3.05) is 13.1 Å². The number of aliphatic hydroxyl groups is 1. The van der Waals surface area contributed by atoms with Crippen molar-refractivity contribution in [2.45, 2.75) is 25.4 Å². The fourth-order valence-electron chi connectivity index (χ4n) is 2.46. The normalized spacial score (nSPS) is 20.7. The van der Waals surface area contributed by atoms with Crippen molar-refractivity contribution >= 4 is 35.0 Å². The molecular formula is C15H18Cl2N2O3. The lowest BCUT2D eigenvalue weighted by molar-refractivity contribution is -0.120. The molecule has 0 spiro atoms. The van der Waals surface area contributed by atoms with Crippen LogP contribution in [0.1, 0.15) is 29.6 Å². The van der Waals surface area contributed by atoms with Gasteiger partial charge in [0.15, 0.2) is 0 Å². The highest BCUT2D eigenvalue weighted by molar-refractivity contribution is 6.42. The van der Waals surface area contributed by atoms with E-state index in [1.54, 1.807) is 0 Å². The van der Waals surface area contributed by atoms with Crippen LogP contribution in [-0.4, -0.2) is 36.1 Å². The number of amides is 2. The molecule has 5 nitrogen and oxygen atoms in total. The van der Waals surface area contributed by atoms with E-state index in [1.807, 2.05) is 0 Å². The van der Waals surface area contributed by atoms with Crippen LogP contribution in [0.4, 0.5) is 0 Å². The Morgan fingerprint density at radius 1 is 1.18 bits per heavy atom. The Bertz CT molecular complexity index is 566. The van der Waals surface area contributed by atoms with Gasteiger partial charge in [0.05, 0.1) is 22.7 Å². The number of hydrogen-bond donors (Lipinski definition) is 3. The molecule has 0 saturated heterocycles. The molecule has 0 radical (unpaired) electrons. The van der Waals surface area contributed by atoms with Gasteiger partial charge in [0.1, 0.15) is 0 Å². The predicted molar refractivity (Wildman–Crippen MR) is 85.2 cm³/mol. The minimum atomic E-state index is -0.394. The summed E-state index contributed by atoms with van der Waals surface area (Å²) in [6, 6.07) is 4.52. The fraction of sp³-hybridized carbons (Fsp3) is 0.467. The molecule has 0 aliphatic heterocycles. The van der Waals surface area contributed by atoms with Crippen LogP contribution in [0.25, 0.3) is 0 Å². The Morgan fingerprint density at radius 3 is 2.59 bits per heavy atom. The summed E-state index contributed by atoms with van der Waals surface area (Å²) in [5.41, 5.74) is 0.341. The zero-order valence-corrected chi connectivity index (χ0v) is 13.5. The lowest BCUT2D eigenvalue weighted by Crippen LogP contribution is -2.40. The van der Waals surface area contributed by atoms with E-state index in [-0.39, 0.29) is 29.5 Å². The zero-order valence-electron chi connectivity index (χ0n) is 11.9. The van der Waals surface area contributed by atoms with E-state index in [0.717, 1.165) is 19.3 Å². The van der Waals surface area contributed by atoms with E-state index in [2.05, 4.69) is 10.6 Å². The third-order valence-corrected chi connectivity index (χ3v) is 4.51. The Morgan fingerprint density at radius 2 is 1.95 bits per heavy atom. The second-order valence-electron chi connectivity index (χ2n) is 5.37. The van der Waals surface area contributed by atoms with Gasteiger partial charge >= 0.3 is 0 Å². The number of rotatable bonds is 5. The minimum Gasteiger partial charge on any atom is -0.393 e. The monoisotopic (exact) mass is 344 g/mol. The topological polar surface area (TPSA) is 78.4 Å². The van der Waals surface area contributed by atoms with Gasteiger partial charge in [-0.25, -0.2) is 0 Å². The summed E-state index contributed by atoms with van der Waals surface area (Å²) in [7, 11) is 0. The standard InChI is InChI=1S/C15H18Cl2N2O3/c16-11-5-4-9(6-12(11)17)15(22)19-8-14(21)18-7-10-2-1-3-13(10)20/h4-6,10,13,20H,1-3,7-8H2,(H,18,21)(H,19,22). The maximum absolute atomic E-state index is 11.9. The second-order valence-corrected chi connectivity index (χ2v) is 6.19. The quantitative estimate of drug-likeness (QED) is 0.764. The fourth-order valence-corrected chi connectivity index (χ4v) is 2.76. The van der Waals surface area contributed by atoms with Gasteiger partial charge in [-0.2, -0.15) is 0 Å². The first kappa shape index (κ1) is 17.1. The Kier molecular flexibility index (Phi) is 6.06. The number of hydrogen-bond acceptors (Lipinski definition) is 3. The molecular weight excluding hydrogens is 327 g/mol. The molecule has 1 aromatic carbocycles. The third kappa shape index (κ3) is 4.60. The van der Waals surface area contributed by atoms with Gasteiger partial charge in [0.25, 0.3) is 5.91 Å². The first-order valence-corrected chi connectivity index (χ1v) is 7.91. The Hall–Kier alpha value is -1.30. The van der Waals surface area contributed by atoms with E-state index in [4.69, 9.17) is 23.2 Å². The molecule has 0 aromatic heterocycles. The van der Waals surface area contributed by atoms with Crippen molar-refractivity contribution in [3.05, 3.63) is 33.8 Å². The van der Waals surface area contributed by atoms with Crippen molar-refractivity contribution < 1.29 is 14.7 Å². The Labute approximate surface area is 139 Å². The van der Waals surface area contributed by atoms with Crippen LogP contribution in [-0.2, 0) is 4.79 Å². The molecule has 1 aromatic rings. The second kappa shape index (κ2) is 7.81. The summed E-state index contributed by atoms with van der Waals surface area (Å²) >= 11 is 11.6. The van der Waals surface area contributed by atoms with E-state index in [1.165, 1.54) is 18.2 Å². The maximum atomic E-state index is 11.9. The molecule has 120 valence electrons. The molecule has 0 heterocycles. The van der Waals surface area contributed by atoms with Crippen molar-refractivity contribution in [2.24, 2.45) is 5.92 Å². The average molecular weight is 345 g/mol. The number of benzene rings is 1. The first-order valence-electron chi connectivity index (χ1n) is 7.15. The highest BCUT2D eigenvalue weighted by Crippen LogP contribution is 2.24. The van der Waals surface area contributed by atoms with Crippen molar-refractivity contribution in [3.63, 3.8) is 0 Å². The first-order chi connectivity index (χ1) is 10.5. The molecule has 1 saturated carbocycles. The lowest BCUT2D eigenvalue weighted by atomic mass is 10.1. The summed E-state index contributed by atoms with van der Waals surface area (Å²) < 4.78 is 0. The van der Waals surface area contributed by atoms with Gasteiger partial charge < -0.3 is 15.7 Å². The highest BCUT2D eigenvalue weighted by Gasteiger charge is 2.25. The minimum absolute atomic E-state index is 0.106. The smallest absolute Gasteiger partial charge is 0.251 e. The van der Waals surface area contributed by atoms with E-state index in [9.17, 15) is 14.7 Å². The molecule has 2 rings (SSSR count). The van der Waals surface area contributed by atoms with Crippen LogP contribution in [0.3, 0.4) is 0 Å². The summed E-state index contributed by atoms with van der Waals surface area (Å²) in [5.74, 6) is -0.572. The SMILES string of the molecule is O=C(CNC(=O)c1ccc(Cl)c(Cl)c1)NCC1CCCC1O. The highest BCUT2D eigenvalue weighted by atomic mass is 35.5. The molecule has 2 amide bonds. The predicted octanol–water partition coefficient (Wildman–Crippen LogP) is 2.00. The Balaban J connectivity index is 1.75. The summed E-state index contributed by atoms with van der Waals surface area (Å²) in [4.78, 5) is 23.6. The van der Waals surface area contributed by atoms with E-state index < -0.39 is 5.91 Å². The molecule has 1 aliphatic carbocycles. The average Bonchev–Trinajstić information content (AvgIpc) is 2.90. The molecule has 1 aliphatic rings. The van der Waals surface area contributed by atoms with Crippen LogP contribution in [0, 0.1) is 5.92 Å². The van der Waals surface area contributed by atoms with Gasteiger partial charge in [0.2, 0.25) is 5.91 Å². The van der Waals surface area contributed by atoms with Gasteiger partial charge in [0, 0.05) is 18.0 Å². The summed E-state index contributed by atoms with van der Waals surface area (Å²) in [6.45, 7) is 0.310. The van der Waals surface area contributed by atoms with Crippen molar-refractivity contribution in [3.8, 4) is 0 Å². The summed E-state index contributed by atoms with van der Waals surface area (Å²) in [5, 5.41) is 15.6. The van der Waals surface area contributed by atoms with Gasteiger partial charge in [-0.05, 0) is 31.0 Å². The van der Waals surface area contributed by atoms with Gasteiger partial charge in [-0.3, -0.25) is 9.59 Å².